The van der Waals surface area contributed by atoms with E-state index in [1.54, 1.807) is 22.7 Å². The molecule has 0 amide bonds. The predicted molar refractivity (Wildman–Crippen MR) is 48.0 cm³/mol. The van der Waals surface area contributed by atoms with Gasteiger partial charge in [-0.15, -0.1) is 22.7 Å². The monoisotopic (exact) mass is 182 g/mol. The van der Waals surface area contributed by atoms with Crippen LogP contribution in [0.1, 0.15) is 4.88 Å². The average Bonchev–Trinajstić information content (AvgIpc) is 2.55. The van der Waals surface area contributed by atoms with Crippen LogP contribution in [0.2, 0.25) is 0 Å². The molecule has 0 saturated heterocycles. The molecule has 0 bridgehead atoms. The summed E-state index contributed by atoms with van der Waals surface area (Å²) in [7, 11) is 0. The molecule has 2 rings (SSSR count). The summed E-state index contributed by atoms with van der Waals surface area (Å²) >= 11 is 3.28. The molecule has 0 saturated carbocycles. The van der Waals surface area contributed by atoms with Gasteiger partial charge >= 0.3 is 0 Å². The fourth-order valence-corrected chi connectivity index (χ4v) is 2.13. The van der Waals surface area contributed by atoms with Crippen molar-refractivity contribution in [3.05, 3.63) is 22.0 Å². The molecule has 0 aliphatic rings. The van der Waals surface area contributed by atoms with Gasteiger partial charge in [0.2, 0.25) is 0 Å². The number of rotatable bonds is 1. The van der Waals surface area contributed by atoms with Gasteiger partial charge in [-0.25, -0.2) is 9.97 Å². The summed E-state index contributed by atoms with van der Waals surface area (Å²) in [4.78, 5) is 9.62. The molecule has 0 spiro atoms. The molecule has 2 nitrogen and oxygen atoms in total. The lowest BCUT2D eigenvalue weighted by molar-refractivity contribution is 1.33. The molecule has 2 heterocycles. The van der Waals surface area contributed by atoms with Crippen LogP contribution in [0.3, 0.4) is 0 Å². The van der Waals surface area contributed by atoms with Crippen molar-refractivity contribution < 1.29 is 0 Å². The molecule has 0 aliphatic heterocycles. The van der Waals surface area contributed by atoms with E-state index >= 15 is 0 Å². The van der Waals surface area contributed by atoms with Crippen molar-refractivity contribution in [1.82, 2.24) is 9.97 Å². The Hall–Kier alpha value is -0.740. The van der Waals surface area contributed by atoms with Crippen molar-refractivity contribution >= 4 is 22.7 Å². The van der Waals surface area contributed by atoms with Gasteiger partial charge in [0, 0.05) is 16.5 Å². The predicted octanol–water partition coefficient (Wildman–Crippen LogP) is 2.58. The highest BCUT2D eigenvalue weighted by Gasteiger charge is 2.02. The van der Waals surface area contributed by atoms with Crippen molar-refractivity contribution in [3.63, 3.8) is 0 Å². The van der Waals surface area contributed by atoms with Gasteiger partial charge in [-0.05, 0) is 6.92 Å². The van der Waals surface area contributed by atoms with Gasteiger partial charge in [-0.2, -0.15) is 0 Å². The minimum absolute atomic E-state index is 0.994. The fourth-order valence-electron chi connectivity index (χ4n) is 0.791. The van der Waals surface area contributed by atoms with Gasteiger partial charge in [0.05, 0.1) is 5.51 Å². The Bertz CT molecular complexity index is 337. The van der Waals surface area contributed by atoms with Crippen LogP contribution in [0.25, 0.3) is 10.7 Å². The van der Waals surface area contributed by atoms with Gasteiger partial charge in [-0.3, -0.25) is 0 Å². The lowest BCUT2D eigenvalue weighted by Crippen LogP contribution is -1.70. The number of hydrogen-bond acceptors (Lipinski definition) is 4. The molecule has 0 aliphatic carbocycles. The molecule has 0 radical (unpaired) electrons. The molecule has 0 fully saturated rings. The third-order valence-electron chi connectivity index (χ3n) is 1.27. The zero-order valence-corrected chi connectivity index (χ0v) is 7.58. The lowest BCUT2D eigenvalue weighted by atomic mass is 10.5. The molecule has 56 valence electrons. The van der Waals surface area contributed by atoms with E-state index in [1.165, 1.54) is 4.88 Å². The quantitative estimate of drug-likeness (QED) is 0.677. The van der Waals surface area contributed by atoms with Crippen LogP contribution in [-0.2, 0) is 0 Å². The maximum Gasteiger partial charge on any atom is 0.142 e. The molecule has 0 aromatic carbocycles. The first-order valence-corrected chi connectivity index (χ1v) is 4.93. The molecular formula is C7H6N2S2. The standard InChI is InChI=1S/C7H6N2S2/c1-5-2-8-7(11-5)6-3-10-4-9-6/h2-4H,1H3. The topological polar surface area (TPSA) is 25.8 Å². The minimum atomic E-state index is 0.994. The van der Waals surface area contributed by atoms with E-state index in [1.807, 2.05) is 24.0 Å². The minimum Gasteiger partial charge on any atom is -0.243 e. The highest BCUT2D eigenvalue weighted by atomic mass is 32.1. The largest absolute Gasteiger partial charge is 0.243 e. The average molecular weight is 182 g/mol. The van der Waals surface area contributed by atoms with Gasteiger partial charge in [0.1, 0.15) is 10.7 Å². The van der Waals surface area contributed by atoms with Crippen LogP contribution < -0.4 is 0 Å². The molecule has 11 heavy (non-hydrogen) atoms. The van der Waals surface area contributed by atoms with E-state index in [-0.39, 0.29) is 0 Å². The Morgan fingerprint density at radius 3 is 2.82 bits per heavy atom. The van der Waals surface area contributed by atoms with Gasteiger partial charge in [0.25, 0.3) is 0 Å². The first-order valence-electron chi connectivity index (χ1n) is 3.17. The van der Waals surface area contributed by atoms with E-state index in [0.29, 0.717) is 0 Å². The molecule has 0 unspecified atom stereocenters. The van der Waals surface area contributed by atoms with Crippen molar-refractivity contribution in [3.8, 4) is 10.7 Å². The Kier molecular flexibility index (Phi) is 1.71. The molecule has 2 aromatic rings. The summed E-state index contributed by atoms with van der Waals surface area (Å²) < 4.78 is 0. The Balaban J connectivity index is 2.45. The van der Waals surface area contributed by atoms with E-state index in [0.717, 1.165) is 10.7 Å². The van der Waals surface area contributed by atoms with Crippen molar-refractivity contribution in [2.75, 3.05) is 0 Å². The SMILES string of the molecule is Cc1cnc(-c2cscn2)s1. The summed E-state index contributed by atoms with van der Waals surface area (Å²) in [5.41, 5.74) is 2.82. The Morgan fingerprint density at radius 2 is 2.27 bits per heavy atom. The second-order valence-electron chi connectivity index (χ2n) is 2.15. The Labute approximate surface area is 72.6 Å². The third kappa shape index (κ3) is 1.32. The maximum atomic E-state index is 4.22. The third-order valence-corrected chi connectivity index (χ3v) is 2.79. The normalized spacial score (nSPS) is 10.3. The number of thiazole rings is 2. The van der Waals surface area contributed by atoms with Gasteiger partial charge < -0.3 is 0 Å². The summed E-state index contributed by atoms with van der Waals surface area (Å²) in [6, 6.07) is 0. The second-order valence-corrected chi connectivity index (χ2v) is 4.10. The van der Waals surface area contributed by atoms with Crippen molar-refractivity contribution in [2.24, 2.45) is 0 Å². The number of nitrogens with zero attached hydrogens (tertiary/aromatic N) is 2. The Morgan fingerprint density at radius 1 is 1.36 bits per heavy atom. The first kappa shape index (κ1) is 6.94. The van der Waals surface area contributed by atoms with Crippen LogP contribution in [0.5, 0.6) is 0 Å². The van der Waals surface area contributed by atoms with E-state index in [4.69, 9.17) is 0 Å². The lowest BCUT2D eigenvalue weighted by Gasteiger charge is -1.83. The molecule has 0 atom stereocenters. The zero-order chi connectivity index (χ0) is 7.68. The van der Waals surface area contributed by atoms with Crippen LogP contribution in [0.4, 0.5) is 0 Å². The summed E-state index contributed by atoms with van der Waals surface area (Å²) in [5, 5.41) is 3.03. The van der Waals surface area contributed by atoms with E-state index < -0.39 is 0 Å². The van der Waals surface area contributed by atoms with Crippen molar-refractivity contribution in [2.45, 2.75) is 6.92 Å². The highest BCUT2D eigenvalue weighted by molar-refractivity contribution is 7.15. The zero-order valence-electron chi connectivity index (χ0n) is 5.94. The number of aromatic nitrogens is 2. The van der Waals surface area contributed by atoms with Crippen LogP contribution in [0, 0.1) is 6.92 Å². The summed E-state index contributed by atoms with van der Waals surface area (Å²) in [6.45, 7) is 2.05. The molecule has 2 aromatic heterocycles. The van der Waals surface area contributed by atoms with Gasteiger partial charge in [-0.1, -0.05) is 0 Å². The van der Waals surface area contributed by atoms with E-state index in [9.17, 15) is 0 Å². The number of aryl methyl sites for hydroxylation is 1. The summed E-state index contributed by atoms with van der Waals surface area (Å²) in [6.07, 6.45) is 1.87. The van der Waals surface area contributed by atoms with Crippen LogP contribution in [0.15, 0.2) is 17.1 Å². The molecule has 4 heteroatoms. The highest BCUT2D eigenvalue weighted by Crippen LogP contribution is 2.23. The fraction of sp³-hybridized carbons (Fsp3) is 0.143. The van der Waals surface area contributed by atoms with E-state index in [2.05, 4.69) is 9.97 Å². The van der Waals surface area contributed by atoms with Crippen LogP contribution in [-0.4, -0.2) is 9.97 Å². The van der Waals surface area contributed by atoms with Gasteiger partial charge in [0.15, 0.2) is 0 Å². The smallest absolute Gasteiger partial charge is 0.142 e. The maximum absolute atomic E-state index is 4.22. The second kappa shape index (κ2) is 2.71. The van der Waals surface area contributed by atoms with Crippen LogP contribution >= 0.6 is 22.7 Å². The molecular weight excluding hydrogens is 176 g/mol. The first-order chi connectivity index (χ1) is 5.36. The number of hydrogen-bond donors (Lipinski definition) is 0. The summed E-state index contributed by atoms with van der Waals surface area (Å²) in [5.74, 6) is 0. The van der Waals surface area contributed by atoms with Crippen molar-refractivity contribution in [1.29, 1.82) is 0 Å². The molecule has 0 N–H and O–H groups in total.